The van der Waals surface area contributed by atoms with Crippen molar-refractivity contribution in [1.29, 1.82) is 0 Å². The molecule has 1 atom stereocenters. The van der Waals surface area contributed by atoms with Crippen molar-refractivity contribution in [3.63, 3.8) is 0 Å². The molecule has 3 N–H and O–H groups in total. The summed E-state index contributed by atoms with van der Waals surface area (Å²) in [5.41, 5.74) is 6.14. The highest BCUT2D eigenvalue weighted by atomic mass is 16.2. The molecule has 0 aromatic heterocycles. The number of carbonyl (C=O) groups is 2. The van der Waals surface area contributed by atoms with E-state index in [1.807, 2.05) is 18.7 Å². The molecule has 120 valence electrons. The van der Waals surface area contributed by atoms with Gasteiger partial charge in [-0.15, -0.1) is 0 Å². The molecule has 1 aliphatic heterocycles. The normalized spacial score (nSPS) is 22.6. The van der Waals surface area contributed by atoms with Crippen LogP contribution in [0.15, 0.2) is 0 Å². The molecule has 2 aliphatic rings. The molecular formula is C16H29N3O2. The highest BCUT2D eigenvalue weighted by molar-refractivity contribution is 5.87. The zero-order chi connectivity index (χ0) is 15.5. The minimum atomic E-state index is -0.541. The van der Waals surface area contributed by atoms with E-state index in [-0.39, 0.29) is 24.3 Å². The second-order valence-electron chi connectivity index (χ2n) is 7.11. The summed E-state index contributed by atoms with van der Waals surface area (Å²) in [6.07, 6.45) is 7.55. The van der Waals surface area contributed by atoms with Crippen molar-refractivity contribution in [2.24, 2.45) is 17.1 Å². The van der Waals surface area contributed by atoms with Gasteiger partial charge in [0.05, 0.1) is 12.6 Å². The molecule has 1 saturated heterocycles. The number of nitrogens with zero attached hydrogens (tertiary/aromatic N) is 1. The molecule has 1 heterocycles. The fraction of sp³-hybridized carbons (Fsp3) is 0.875. The van der Waals surface area contributed by atoms with Crippen LogP contribution in [0.3, 0.4) is 0 Å². The molecule has 1 aliphatic carbocycles. The van der Waals surface area contributed by atoms with Crippen LogP contribution in [-0.4, -0.2) is 42.4 Å². The molecule has 2 rings (SSSR count). The molecule has 0 bridgehead atoms. The summed E-state index contributed by atoms with van der Waals surface area (Å²) in [6.45, 7) is 5.59. The van der Waals surface area contributed by atoms with Gasteiger partial charge in [0.2, 0.25) is 11.8 Å². The van der Waals surface area contributed by atoms with Crippen LogP contribution in [0.25, 0.3) is 0 Å². The Morgan fingerprint density at radius 1 is 1.19 bits per heavy atom. The van der Waals surface area contributed by atoms with Gasteiger partial charge in [0.25, 0.3) is 0 Å². The number of hydrogen-bond donors (Lipinski definition) is 2. The fourth-order valence-corrected chi connectivity index (χ4v) is 3.55. The van der Waals surface area contributed by atoms with Gasteiger partial charge in [0.1, 0.15) is 0 Å². The molecule has 21 heavy (non-hydrogen) atoms. The lowest BCUT2D eigenvalue weighted by Gasteiger charge is -2.33. The number of carbonyl (C=O) groups excluding carboxylic acids is 2. The lowest BCUT2D eigenvalue weighted by Crippen LogP contribution is -2.47. The Morgan fingerprint density at radius 3 is 2.48 bits per heavy atom. The monoisotopic (exact) mass is 295 g/mol. The number of hydrogen-bond acceptors (Lipinski definition) is 3. The molecule has 0 aromatic carbocycles. The third kappa shape index (κ3) is 3.96. The first-order valence-corrected chi connectivity index (χ1v) is 8.25. The van der Waals surface area contributed by atoms with Crippen LogP contribution in [-0.2, 0) is 9.59 Å². The lowest BCUT2D eigenvalue weighted by atomic mass is 9.73. The average molecular weight is 295 g/mol. The molecule has 2 amide bonds. The second kappa shape index (κ2) is 6.77. The first kappa shape index (κ1) is 16.3. The van der Waals surface area contributed by atoms with E-state index in [0.717, 1.165) is 19.5 Å². The van der Waals surface area contributed by atoms with E-state index in [1.54, 1.807) is 0 Å². The van der Waals surface area contributed by atoms with Crippen molar-refractivity contribution in [3.05, 3.63) is 0 Å². The summed E-state index contributed by atoms with van der Waals surface area (Å²) < 4.78 is 0. The van der Waals surface area contributed by atoms with E-state index in [9.17, 15) is 9.59 Å². The average Bonchev–Trinajstić information content (AvgIpc) is 2.88. The van der Waals surface area contributed by atoms with Gasteiger partial charge >= 0.3 is 0 Å². The summed E-state index contributed by atoms with van der Waals surface area (Å²) in [4.78, 5) is 26.0. The number of likely N-dealkylation sites (tertiary alicyclic amines) is 1. The molecule has 5 nitrogen and oxygen atoms in total. The van der Waals surface area contributed by atoms with Crippen molar-refractivity contribution >= 4 is 11.8 Å². The highest BCUT2D eigenvalue weighted by Gasteiger charge is 2.40. The standard InChI is InChI=1S/C16H29N3O2/c1-12(2)14(17)15(21)18-10-13(20)19-9-8-16(11-19)6-4-3-5-7-16/h12,14H,3-11,17H2,1-2H3,(H,18,21)/t14-/m0/s1. The third-order valence-corrected chi connectivity index (χ3v) is 5.14. The summed E-state index contributed by atoms with van der Waals surface area (Å²) in [7, 11) is 0. The van der Waals surface area contributed by atoms with Gasteiger partial charge in [-0.1, -0.05) is 33.1 Å². The predicted octanol–water partition coefficient (Wildman–Crippen LogP) is 1.27. The Bertz CT molecular complexity index is 389. The number of nitrogens with one attached hydrogen (secondary N) is 1. The van der Waals surface area contributed by atoms with Crippen LogP contribution in [0.2, 0.25) is 0 Å². The van der Waals surface area contributed by atoms with E-state index in [0.29, 0.717) is 5.41 Å². The molecule has 0 aromatic rings. The quantitative estimate of drug-likeness (QED) is 0.820. The first-order chi connectivity index (χ1) is 9.93. The maximum atomic E-state index is 12.2. The largest absolute Gasteiger partial charge is 0.346 e. The summed E-state index contributed by atoms with van der Waals surface area (Å²) in [5, 5.41) is 2.68. The molecule has 1 saturated carbocycles. The topological polar surface area (TPSA) is 75.4 Å². The van der Waals surface area contributed by atoms with Crippen molar-refractivity contribution < 1.29 is 9.59 Å². The van der Waals surface area contributed by atoms with Gasteiger partial charge in [0, 0.05) is 13.1 Å². The zero-order valence-electron chi connectivity index (χ0n) is 13.4. The van der Waals surface area contributed by atoms with Crippen LogP contribution in [0.5, 0.6) is 0 Å². The van der Waals surface area contributed by atoms with E-state index in [4.69, 9.17) is 5.73 Å². The van der Waals surface area contributed by atoms with Gasteiger partial charge < -0.3 is 16.0 Å². The molecule has 5 heteroatoms. The van der Waals surface area contributed by atoms with Gasteiger partial charge in [-0.05, 0) is 30.6 Å². The third-order valence-electron chi connectivity index (χ3n) is 5.14. The Labute approximate surface area is 127 Å². The number of amides is 2. The minimum absolute atomic E-state index is 0.0294. The summed E-state index contributed by atoms with van der Waals surface area (Å²) >= 11 is 0. The molecule has 1 spiro atoms. The van der Waals surface area contributed by atoms with Crippen molar-refractivity contribution in [2.45, 2.75) is 58.4 Å². The Morgan fingerprint density at radius 2 is 1.86 bits per heavy atom. The van der Waals surface area contributed by atoms with Crippen molar-refractivity contribution in [3.8, 4) is 0 Å². The van der Waals surface area contributed by atoms with Crippen LogP contribution < -0.4 is 11.1 Å². The highest BCUT2D eigenvalue weighted by Crippen LogP contribution is 2.43. The molecular weight excluding hydrogens is 266 g/mol. The maximum Gasteiger partial charge on any atom is 0.241 e. The fourth-order valence-electron chi connectivity index (χ4n) is 3.55. The predicted molar refractivity (Wildman–Crippen MR) is 82.5 cm³/mol. The lowest BCUT2D eigenvalue weighted by molar-refractivity contribution is -0.133. The Hall–Kier alpha value is -1.10. The van der Waals surface area contributed by atoms with Crippen LogP contribution in [0.1, 0.15) is 52.4 Å². The van der Waals surface area contributed by atoms with Crippen molar-refractivity contribution in [2.75, 3.05) is 19.6 Å². The smallest absolute Gasteiger partial charge is 0.241 e. The van der Waals surface area contributed by atoms with Gasteiger partial charge in [-0.25, -0.2) is 0 Å². The van der Waals surface area contributed by atoms with Crippen molar-refractivity contribution in [1.82, 2.24) is 10.2 Å². The second-order valence-corrected chi connectivity index (χ2v) is 7.11. The van der Waals surface area contributed by atoms with E-state index < -0.39 is 6.04 Å². The van der Waals surface area contributed by atoms with Crippen LogP contribution in [0.4, 0.5) is 0 Å². The van der Waals surface area contributed by atoms with Gasteiger partial charge in [-0.2, -0.15) is 0 Å². The zero-order valence-corrected chi connectivity index (χ0v) is 13.4. The van der Waals surface area contributed by atoms with E-state index >= 15 is 0 Å². The van der Waals surface area contributed by atoms with E-state index in [2.05, 4.69) is 5.32 Å². The number of rotatable bonds is 4. The van der Waals surface area contributed by atoms with Gasteiger partial charge in [-0.3, -0.25) is 9.59 Å². The number of nitrogens with two attached hydrogens (primary N) is 1. The molecule has 0 radical (unpaired) electrons. The first-order valence-electron chi connectivity index (χ1n) is 8.25. The van der Waals surface area contributed by atoms with Gasteiger partial charge in [0.15, 0.2) is 0 Å². The molecule has 0 unspecified atom stereocenters. The Balaban J connectivity index is 1.78. The SMILES string of the molecule is CC(C)[C@H](N)C(=O)NCC(=O)N1CCC2(CCCCC2)C1. The summed E-state index contributed by atoms with van der Waals surface area (Å²) in [5.74, 6) is -0.121. The molecule has 2 fully saturated rings. The van der Waals surface area contributed by atoms with E-state index in [1.165, 1.54) is 32.1 Å². The van der Waals surface area contributed by atoms with Crippen LogP contribution in [0, 0.1) is 11.3 Å². The maximum absolute atomic E-state index is 12.2. The Kier molecular flexibility index (Phi) is 5.25. The van der Waals surface area contributed by atoms with Crippen LogP contribution >= 0.6 is 0 Å². The minimum Gasteiger partial charge on any atom is -0.346 e. The summed E-state index contributed by atoms with van der Waals surface area (Å²) in [6, 6.07) is -0.541.